The zero-order chi connectivity index (χ0) is 22.8. The molecule has 8 heteroatoms. The van der Waals surface area contributed by atoms with Crippen molar-refractivity contribution >= 4 is 21.8 Å². The molecule has 1 aliphatic rings. The topological polar surface area (TPSA) is 90.0 Å². The van der Waals surface area contributed by atoms with Crippen molar-refractivity contribution in [3.8, 4) is 0 Å². The first-order valence-electron chi connectivity index (χ1n) is 10.1. The molecule has 0 aromatic heterocycles. The second-order valence-electron chi connectivity index (χ2n) is 7.77. The lowest BCUT2D eigenvalue weighted by molar-refractivity contribution is 0.0474. The van der Waals surface area contributed by atoms with Gasteiger partial charge in [-0.2, -0.15) is 4.31 Å². The number of ether oxygens (including phenoxy) is 2. The molecule has 0 spiro atoms. The van der Waals surface area contributed by atoms with Crippen LogP contribution in [0.4, 0.5) is 0 Å². The molecule has 0 bridgehead atoms. The number of benzene rings is 2. The minimum Gasteiger partial charge on any atom is -0.454 e. The molecule has 166 valence electrons. The summed E-state index contributed by atoms with van der Waals surface area (Å²) in [5.41, 5.74) is 3.86. The van der Waals surface area contributed by atoms with Gasteiger partial charge in [-0.3, -0.25) is 4.79 Å². The summed E-state index contributed by atoms with van der Waals surface area (Å²) in [6, 6.07) is 8.20. The number of morpholine rings is 1. The molecule has 0 amide bonds. The highest BCUT2D eigenvalue weighted by Gasteiger charge is 2.28. The molecule has 0 N–H and O–H groups in total. The Morgan fingerprint density at radius 3 is 2.19 bits per heavy atom. The molecule has 2 aromatic carbocycles. The standard InChI is InChI=1S/C23H27NO6S/c1-15-11-17(3)22(18(4)12-15)20(25)14-30-23(26)19-6-5-16(2)21(13-19)31(27,28)24-7-9-29-10-8-24/h5-6,11-13H,7-10,14H2,1-4H3. The van der Waals surface area contributed by atoms with Gasteiger partial charge < -0.3 is 9.47 Å². The molecule has 3 rings (SSSR count). The number of aryl methyl sites for hydroxylation is 4. The lowest BCUT2D eigenvalue weighted by Crippen LogP contribution is -2.40. The average molecular weight is 446 g/mol. The van der Waals surface area contributed by atoms with Crippen molar-refractivity contribution < 1.29 is 27.5 Å². The van der Waals surface area contributed by atoms with Gasteiger partial charge in [0.15, 0.2) is 6.61 Å². The Bertz CT molecular complexity index is 1090. The number of carbonyl (C=O) groups excluding carboxylic acids is 2. The Labute approximate surface area is 183 Å². The van der Waals surface area contributed by atoms with E-state index >= 15 is 0 Å². The summed E-state index contributed by atoms with van der Waals surface area (Å²) in [6.45, 7) is 8.10. The Kier molecular flexibility index (Phi) is 6.93. The van der Waals surface area contributed by atoms with E-state index in [1.165, 1.54) is 16.4 Å². The largest absolute Gasteiger partial charge is 0.454 e. The van der Waals surface area contributed by atoms with E-state index in [9.17, 15) is 18.0 Å². The third-order valence-electron chi connectivity index (χ3n) is 5.30. The molecule has 7 nitrogen and oxygen atoms in total. The number of hydrogen-bond donors (Lipinski definition) is 0. The van der Waals surface area contributed by atoms with E-state index in [0.29, 0.717) is 24.3 Å². The summed E-state index contributed by atoms with van der Waals surface area (Å²) < 4.78 is 37.8. The summed E-state index contributed by atoms with van der Waals surface area (Å²) in [5.74, 6) is -1.04. The van der Waals surface area contributed by atoms with Crippen molar-refractivity contribution in [3.05, 3.63) is 63.7 Å². The fraction of sp³-hybridized carbons (Fsp3) is 0.391. The van der Waals surface area contributed by atoms with Crippen LogP contribution in [0.2, 0.25) is 0 Å². The van der Waals surface area contributed by atoms with Crippen molar-refractivity contribution in [2.75, 3.05) is 32.9 Å². The minimum absolute atomic E-state index is 0.0559. The smallest absolute Gasteiger partial charge is 0.338 e. The fourth-order valence-electron chi connectivity index (χ4n) is 3.84. The van der Waals surface area contributed by atoms with E-state index in [1.54, 1.807) is 13.0 Å². The van der Waals surface area contributed by atoms with Gasteiger partial charge in [0, 0.05) is 18.7 Å². The molecule has 2 aromatic rings. The van der Waals surface area contributed by atoms with E-state index in [0.717, 1.165) is 16.7 Å². The number of rotatable bonds is 6. The van der Waals surface area contributed by atoms with Crippen LogP contribution in [-0.2, 0) is 19.5 Å². The van der Waals surface area contributed by atoms with Gasteiger partial charge in [-0.15, -0.1) is 0 Å². The highest BCUT2D eigenvalue weighted by Crippen LogP contribution is 2.23. The molecule has 1 heterocycles. The molecule has 1 fully saturated rings. The Balaban J connectivity index is 1.77. The van der Waals surface area contributed by atoms with E-state index in [-0.39, 0.29) is 29.3 Å². The van der Waals surface area contributed by atoms with E-state index in [2.05, 4.69) is 0 Å². The molecule has 0 aliphatic carbocycles. The van der Waals surface area contributed by atoms with Crippen molar-refractivity contribution in [2.24, 2.45) is 0 Å². The summed E-state index contributed by atoms with van der Waals surface area (Å²) in [7, 11) is -3.76. The monoisotopic (exact) mass is 445 g/mol. The van der Waals surface area contributed by atoms with Crippen LogP contribution < -0.4 is 0 Å². The van der Waals surface area contributed by atoms with Crippen molar-refractivity contribution in [1.82, 2.24) is 4.31 Å². The molecule has 0 atom stereocenters. The van der Waals surface area contributed by atoms with E-state index < -0.39 is 22.6 Å². The second-order valence-corrected chi connectivity index (χ2v) is 9.68. The zero-order valence-corrected chi connectivity index (χ0v) is 19.0. The summed E-state index contributed by atoms with van der Waals surface area (Å²) in [4.78, 5) is 25.3. The summed E-state index contributed by atoms with van der Waals surface area (Å²) >= 11 is 0. The van der Waals surface area contributed by atoms with E-state index in [1.807, 2.05) is 32.9 Å². The predicted molar refractivity (Wildman–Crippen MR) is 116 cm³/mol. The second kappa shape index (κ2) is 9.30. The number of esters is 1. The van der Waals surface area contributed by atoms with Gasteiger partial charge >= 0.3 is 5.97 Å². The van der Waals surface area contributed by atoms with Crippen LogP contribution in [0, 0.1) is 27.7 Å². The predicted octanol–water partition coefficient (Wildman–Crippen LogP) is 2.98. The number of hydrogen-bond acceptors (Lipinski definition) is 6. The van der Waals surface area contributed by atoms with Crippen molar-refractivity contribution in [1.29, 1.82) is 0 Å². The molecule has 1 aliphatic heterocycles. The van der Waals surface area contributed by atoms with Crippen LogP contribution in [0.25, 0.3) is 0 Å². The van der Waals surface area contributed by atoms with Crippen LogP contribution in [0.15, 0.2) is 35.2 Å². The molecule has 1 saturated heterocycles. The number of ketones is 1. The maximum absolute atomic E-state index is 13.0. The van der Waals surface area contributed by atoms with Crippen molar-refractivity contribution in [2.45, 2.75) is 32.6 Å². The number of carbonyl (C=O) groups is 2. The fourth-order valence-corrected chi connectivity index (χ4v) is 5.50. The van der Waals surface area contributed by atoms with Gasteiger partial charge in [-0.25, -0.2) is 13.2 Å². The maximum atomic E-state index is 13.0. The van der Waals surface area contributed by atoms with Crippen LogP contribution in [0.3, 0.4) is 0 Å². The van der Waals surface area contributed by atoms with Crippen molar-refractivity contribution in [3.63, 3.8) is 0 Å². The van der Waals surface area contributed by atoms with E-state index in [4.69, 9.17) is 9.47 Å². The highest BCUT2D eigenvalue weighted by atomic mass is 32.2. The normalized spacial score (nSPS) is 15.0. The van der Waals surface area contributed by atoms with Crippen LogP contribution in [-0.4, -0.2) is 57.4 Å². The molecule has 31 heavy (non-hydrogen) atoms. The van der Waals surface area contributed by atoms with Gasteiger partial charge in [-0.1, -0.05) is 23.8 Å². The Morgan fingerprint density at radius 2 is 1.58 bits per heavy atom. The van der Waals surface area contributed by atoms with Gasteiger partial charge in [-0.05, 0) is 56.5 Å². The SMILES string of the molecule is Cc1cc(C)c(C(=O)COC(=O)c2ccc(C)c(S(=O)(=O)N3CCOCC3)c2)c(C)c1. The Hall–Kier alpha value is -2.55. The zero-order valence-electron chi connectivity index (χ0n) is 18.2. The number of Topliss-reactive ketones (excluding diaryl/α,β-unsaturated/α-hetero) is 1. The van der Waals surface area contributed by atoms with Crippen LogP contribution >= 0.6 is 0 Å². The van der Waals surface area contributed by atoms with Crippen LogP contribution in [0.5, 0.6) is 0 Å². The van der Waals surface area contributed by atoms with Gasteiger partial charge in [0.1, 0.15) is 0 Å². The third kappa shape index (κ3) is 5.03. The van der Waals surface area contributed by atoms with Gasteiger partial charge in [0.05, 0.1) is 23.7 Å². The summed E-state index contributed by atoms with van der Waals surface area (Å²) in [6.07, 6.45) is 0. The highest BCUT2D eigenvalue weighted by molar-refractivity contribution is 7.89. The Morgan fingerprint density at radius 1 is 0.968 bits per heavy atom. The first kappa shape index (κ1) is 23.1. The average Bonchev–Trinajstić information content (AvgIpc) is 2.72. The number of sulfonamides is 1. The molecule has 0 radical (unpaired) electrons. The van der Waals surface area contributed by atoms with Crippen LogP contribution in [0.1, 0.15) is 43.0 Å². The number of nitrogens with zero attached hydrogens (tertiary/aromatic N) is 1. The summed E-state index contributed by atoms with van der Waals surface area (Å²) in [5, 5.41) is 0. The first-order chi connectivity index (χ1) is 14.6. The molecular formula is C23H27NO6S. The van der Waals surface area contributed by atoms with Gasteiger partial charge in [0.25, 0.3) is 0 Å². The first-order valence-corrected chi connectivity index (χ1v) is 11.5. The third-order valence-corrected chi connectivity index (χ3v) is 7.34. The molecule has 0 unspecified atom stereocenters. The lowest BCUT2D eigenvalue weighted by atomic mass is 9.97. The van der Waals surface area contributed by atoms with Gasteiger partial charge in [0.2, 0.25) is 15.8 Å². The minimum atomic E-state index is -3.76. The molecule has 0 saturated carbocycles. The molecular weight excluding hydrogens is 418 g/mol. The maximum Gasteiger partial charge on any atom is 0.338 e. The quantitative estimate of drug-likeness (QED) is 0.502. The lowest BCUT2D eigenvalue weighted by Gasteiger charge is -2.26.